The molecule has 1 aliphatic heterocycles. The maximum absolute atomic E-state index is 11.5. The molecule has 106 valence electrons. The van der Waals surface area contributed by atoms with Crippen molar-refractivity contribution in [3.8, 4) is 6.07 Å². The molecule has 0 bridgehead atoms. The summed E-state index contributed by atoms with van der Waals surface area (Å²) in [7, 11) is 0. The predicted octanol–water partition coefficient (Wildman–Crippen LogP) is 1.47. The average molecular weight is 272 g/mol. The van der Waals surface area contributed by atoms with E-state index in [0.29, 0.717) is 0 Å². The monoisotopic (exact) mass is 272 g/mol. The largest absolute Gasteiger partial charge is 0.335 e. The molecule has 5 nitrogen and oxygen atoms in total. The Morgan fingerprint density at radius 3 is 2.65 bits per heavy atom. The molecular weight excluding hydrogens is 252 g/mol. The number of rotatable bonds is 4. The molecule has 0 unspecified atom stereocenters. The summed E-state index contributed by atoms with van der Waals surface area (Å²) in [5, 5.41) is 13.8. The Hall–Kier alpha value is -2.06. The Bertz CT molecular complexity index is 461. The highest BCUT2D eigenvalue weighted by Gasteiger charge is 2.20. The second-order valence-corrected chi connectivity index (χ2v) is 5.02. The van der Waals surface area contributed by atoms with Crippen LogP contribution in [-0.2, 0) is 6.54 Å². The number of carbonyl (C=O) groups excluding carboxylic acids is 1. The van der Waals surface area contributed by atoms with Crippen LogP contribution in [0.15, 0.2) is 30.3 Å². The number of hydrogen-bond donors (Lipinski definition) is 2. The number of likely N-dealkylation sites (tertiary alicyclic amines) is 1. The van der Waals surface area contributed by atoms with Crippen molar-refractivity contribution < 1.29 is 4.79 Å². The van der Waals surface area contributed by atoms with Gasteiger partial charge in [-0.3, -0.25) is 4.90 Å². The van der Waals surface area contributed by atoms with Gasteiger partial charge in [0.15, 0.2) is 0 Å². The molecule has 1 aromatic rings. The fourth-order valence-corrected chi connectivity index (χ4v) is 2.43. The average Bonchev–Trinajstić information content (AvgIpc) is 2.48. The molecule has 0 aromatic heterocycles. The van der Waals surface area contributed by atoms with Crippen LogP contribution in [-0.4, -0.2) is 36.6 Å². The van der Waals surface area contributed by atoms with E-state index in [1.165, 1.54) is 5.56 Å². The lowest BCUT2D eigenvalue weighted by molar-refractivity contribution is 0.187. The Kier molecular flexibility index (Phi) is 5.39. The summed E-state index contributed by atoms with van der Waals surface area (Å²) in [6.45, 7) is 2.99. The summed E-state index contributed by atoms with van der Waals surface area (Å²) in [6.07, 6.45) is 1.90. The highest BCUT2D eigenvalue weighted by atomic mass is 16.2. The maximum atomic E-state index is 11.5. The van der Waals surface area contributed by atoms with Crippen LogP contribution in [0, 0.1) is 11.3 Å². The summed E-state index contributed by atoms with van der Waals surface area (Å²) in [4.78, 5) is 13.9. The van der Waals surface area contributed by atoms with Crippen LogP contribution in [0.2, 0.25) is 0 Å². The van der Waals surface area contributed by atoms with Gasteiger partial charge in [0.2, 0.25) is 0 Å². The van der Waals surface area contributed by atoms with Crippen molar-refractivity contribution in [2.75, 3.05) is 19.6 Å². The number of urea groups is 1. The van der Waals surface area contributed by atoms with Crippen LogP contribution in [0.1, 0.15) is 18.4 Å². The van der Waals surface area contributed by atoms with E-state index in [1.54, 1.807) is 0 Å². The predicted molar refractivity (Wildman–Crippen MR) is 76.9 cm³/mol. The second kappa shape index (κ2) is 7.51. The van der Waals surface area contributed by atoms with Crippen molar-refractivity contribution in [2.24, 2.45) is 0 Å². The zero-order valence-corrected chi connectivity index (χ0v) is 11.5. The van der Waals surface area contributed by atoms with Crippen LogP contribution in [0.5, 0.6) is 0 Å². The lowest BCUT2D eigenvalue weighted by Gasteiger charge is -2.32. The van der Waals surface area contributed by atoms with E-state index in [9.17, 15) is 4.79 Å². The molecule has 0 atom stereocenters. The normalized spacial score (nSPS) is 16.4. The van der Waals surface area contributed by atoms with Crippen molar-refractivity contribution in [1.82, 2.24) is 15.5 Å². The fourth-order valence-electron chi connectivity index (χ4n) is 2.43. The van der Waals surface area contributed by atoms with Crippen LogP contribution in [0.25, 0.3) is 0 Å². The first-order valence-corrected chi connectivity index (χ1v) is 6.95. The Balaban J connectivity index is 1.70. The van der Waals surface area contributed by atoms with Gasteiger partial charge >= 0.3 is 6.03 Å². The summed E-state index contributed by atoms with van der Waals surface area (Å²) < 4.78 is 0. The molecule has 5 heteroatoms. The van der Waals surface area contributed by atoms with Crippen LogP contribution in [0.3, 0.4) is 0 Å². The number of nitrogens with one attached hydrogen (secondary N) is 2. The SMILES string of the molecule is N#CCNC(=O)NC1CCN(Cc2ccccc2)CC1. The smallest absolute Gasteiger partial charge is 0.315 e. The third kappa shape index (κ3) is 4.56. The van der Waals surface area contributed by atoms with E-state index < -0.39 is 0 Å². The first-order chi connectivity index (χ1) is 9.78. The van der Waals surface area contributed by atoms with Gasteiger partial charge < -0.3 is 10.6 Å². The first-order valence-electron chi connectivity index (χ1n) is 6.95. The minimum absolute atomic E-state index is 0.0543. The molecule has 2 rings (SSSR count). The van der Waals surface area contributed by atoms with E-state index in [1.807, 2.05) is 12.1 Å². The third-order valence-electron chi connectivity index (χ3n) is 3.50. The quantitative estimate of drug-likeness (QED) is 0.816. The molecule has 1 saturated heterocycles. The number of nitriles is 1. The van der Waals surface area contributed by atoms with E-state index in [4.69, 9.17) is 5.26 Å². The van der Waals surface area contributed by atoms with Crippen molar-refractivity contribution in [3.05, 3.63) is 35.9 Å². The minimum atomic E-state index is -0.243. The van der Waals surface area contributed by atoms with E-state index in [2.05, 4.69) is 39.8 Å². The van der Waals surface area contributed by atoms with Gasteiger partial charge in [-0.15, -0.1) is 0 Å². The van der Waals surface area contributed by atoms with Gasteiger partial charge in [-0.05, 0) is 18.4 Å². The van der Waals surface area contributed by atoms with E-state index >= 15 is 0 Å². The summed E-state index contributed by atoms with van der Waals surface area (Å²) >= 11 is 0. The van der Waals surface area contributed by atoms with Gasteiger partial charge in [0.05, 0.1) is 6.07 Å². The summed E-state index contributed by atoms with van der Waals surface area (Å²) in [5.74, 6) is 0. The number of hydrogen-bond acceptors (Lipinski definition) is 3. The zero-order chi connectivity index (χ0) is 14.2. The molecule has 20 heavy (non-hydrogen) atoms. The van der Waals surface area contributed by atoms with E-state index in [-0.39, 0.29) is 18.6 Å². The highest BCUT2D eigenvalue weighted by Crippen LogP contribution is 2.13. The first kappa shape index (κ1) is 14.4. The third-order valence-corrected chi connectivity index (χ3v) is 3.50. The molecule has 1 heterocycles. The Morgan fingerprint density at radius 1 is 1.30 bits per heavy atom. The number of nitrogens with zero attached hydrogens (tertiary/aromatic N) is 2. The standard InChI is InChI=1S/C15H20N4O/c16-8-9-17-15(20)18-14-6-10-19(11-7-14)12-13-4-2-1-3-5-13/h1-5,14H,6-7,9-12H2,(H2,17,18,20). The van der Waals surface area contributed by atoms with Gasteiger partial charge in [0.1, 0.15) is 6.54 Å². The molecule has 0 aliphatic carbocycles. The molecule has 1 fully saturated rings. The molecule has 1 aliphatic rings. The molecule has 0 spiro atoms. The zero-order valence-electron chi connectivity index (χ0n) is 11.5. The molecule has 2 amide bonds. The number of amides is 2. The molecule has 0 radical (unpaired) electrons. The lowest BCUT2D eigenvalue weighted by atomic mass is 10.0. The van der Waals surface area contributed by atoms with Crippen molar-refractivity contribution in [3.63, 3.8) is 0 Å². The van der Waals surface area contributed by atoms with Crippen molar-refractivity contribution >= 4 is 6.03 Å². The Morgan fingerprint density at radius 2 is 2.00 bits per heavy atom. The molecular formula is C15H20N4O. The Labute approximate surface area is 119 Å². The van der Waals surface area contributed by atoms with Gasteiger partial charge in [0.25, 0.3) is 0 Å². The highest BCUT2D eigenvalue weighted by molar-refractivity contribution is 5.74. The summed E-state index contributed by atoms with van der Waals surface area (Å²) in [6, 6.07) is 12.3. The van der Waals surface area contributed by atoms with Crippen LogP contribution >= 0.6 is 0 Å². The number of benzene rings is 1. The van der Waals surface area contributed by atoms with Gasteiger partial charge in [-0.25, -0.2) is 4.79 Å². The van der Waals surface area contributed by atoms with Crippen LogP contribution < -0.4 is 10.6 Å². The number of piperidine rings is 1. The minimum Gasteiger partial charge on any atom is -0.335 e. The second-order valence-electron chi connectivity index (χ2n) is 5.02. The molecule has 2 N–H and O–H groups in total. The van der Waals surface area contributed by atoms with Gasteiger partial charge in [0, 0.05) is 25.7 Å². The fraction of sp³-hybridized carbons (Fsp3) is 0.467. The van der Waals surface area contributed by atoms with Crippen molar-refractivity contribution in [2.45, 2.75) is 25.4 Å². The lowest BCUT2D eigenvalue weighted by Crippen LogP contribution is -2.47. The van der Waals surface area contributed by atoms with Crippen LogP contribution in [0.4, 0.5) is 4.79 Å². The van der Waals surface area contributed by atoms with Crippen molar-refractivity contribution in [1.29, 1.82) is 5.26 Å². The van der Waals surface area contributed by atoms with Gasteiger partial charge in [-0.1, -0.05) is 30.3 Å². The molecule has 0 saturated carbocycles. The maximum Gasteiger partial charge on any atom is 0.315 e. The van der Waals surface area contributed by atoms with E-state index in [0.717, 1.165) is 32.5 Å². The van der Waals surface area contributed by atoms with Gasteiger partial charge in [-0.2, -0.15) is 5.26 Å². The topological polar surface area (TPSA) is 68.2 Å². The summed E-state index contributed by atoms with van der Waals surface area (Å²) in [5.41, 5.74) is 1.32. The number of carbonyl (C=O) groups is 1. The molecule has 1 aromatic carbocycles.